The zero-order valence-electron chi connectivity index (χ0n) is 8.84. The highest BCUT2D eigenvalue weighted by Gasteiger charge is 2.14. The summed E-state index contributed by atoms with van der Waals surface area (Å²) in [5.74, 6) is 0. The fourth-order valence-electron chi connectivity index (χ4n) is 0.809. The summed E-state index contributed by atoms with van der Waals surface area (Å²) in [5.41, 5.74) is -0.728. The van der Waals surface area contributed by atoms with Gasteiger partial charge in [0.25, 0.3) is 0 Å². The zero-order valence-corrected chi connectivity index (χ0v) is 8.84. The third kappa shape index (κ3) is 22.5. The molecule has 6 heteroatoms. The maximum absolute atomic E-state index is 9.03. The van der Waals surface area contributed by atoms with E-state index in [0.29, 0.717) is 6.42 Å². The Hall–Kier alpha value is -0.555. The standard InChI is InChI=1S/C6H14O2.C2H5BO3/c1-5(7)4-6(2,3)8;1-2-6-3(4)5/h5,7-8H,4H2,1-3H3;2,4-5H,1H2. The summed E-state index contributed by atoms with van der Waals surface area (Å²) in [5, 5.41) is 33.4. The smallest absolute Gasteiger partial charge is 0.519 e. The van der Waals surface area contributed by atoms with E-state index in [0.717, 1.165) is 6.26 Å². The lowest BCUT2D eigenvalue weighted by molar-refractivity contribution is 0.0249. The fraction of sp³-hybridized carbons (Fsp3) is 0.750. The van der Waals surface area contributed by atoms with Gasteiger partial charge in [0.2, 0.25) is 0 Å². The van der Waals surface area contributed by atoms with Gasteiger partial charge in [0.05, 0.1) is 18.0 Å². The Morgan fingerprint density at radius 3 is 1.93 bits per heavy atom. The summed E-state index contributed by atoms with van der Waals surface area (Å²) in [4.78, 5) is 0. The number of rotatable bonds is 4. The van der Waals surface area contributed by atoms with E-state index >= 15 is 0 Å². The van der Waals surface area contributed by atoms with Crippen LogP contribution in [-0.4, -0.2) is 39.3 Å². The summed E-state index contributed by atoms with van der Waals surface area (Å²) >= 11 is 0. The molecular weight excluding hydrogens is 187 g/mol. The molecule has 0 aromatic rings. The predicted octanol–water partition coefficient (Wildman–Crippen LogP) is -0.356. The molecule has 0 saturated heterocycles. The van der Waals surface area contributed by atoms with Gasteiger partial charge in [-0.25, -0.2) is 0 Å². The molecular formula is C8H19BO5. The van der Waals surface area contributed by atoms with Crippen molar-refractivity contribution in [3.8, 4) is 0 Å². The second-order valence-corrected chi connectivity index (χ2v) is 3.49. The molecule has 1 unspecified atom stereocenters. The van der Waals surface area contributed by atoms with Gasteiger partial charge < -0.3 is 24.9 Å². The lowest BCUT2D eigenvalue weighted by Crippen LogP contribution is -2.24. The number of hydrogen-bond acceptors (Lipinski definition) is 5. The Labute approximate surface area is 84.8 Å². The third-order valence-corrected chi connectivity index (χ3v) is 1.01. The van der Waals surface area contributed by atoms with Gasteiger partial charge in [-0.3, -0.25) is 0 Å². The second kappa shape index (κ2) is 7.81. The molecule has 0 bridgehead atoms. The first-order valence-electron chi connectivity index (χ1n) is 4.22. The van der Waals surface area contributed by atoms with Gasteiger partial charge in [0.1, 0.15) is 0 Å². The molecule has 0 radical (unpaired) electrons. The maximum Gasteiger partial charge on any atom is 0.707 e. The quantitative estimate of drug-likeness (QED) is 0.372. The predicted molar refractivity (Wildman–Crippen MR) is 54.1 cm³/mol. The summed E-state index contributed by atoms with van der Waals surface area (Å²) in [7, 11) is -1.72. The molecule has 0 spiro atoms. The van der Waals surface area contributed by atoms with Crippen LogP contribution in [0.2, 0.25) is 0 Å². The number of hydrogen-bond donors (Lipinski definition) is 4. The van der Waals surface area contributed by atoms with E-state index in [2.05, 4.69) is 11.2 Å². The first kappa shape index (κ1) is 15.9. The summed E-state index contributed by atoms with van der Waals surface area (Å²) in [6, 6.07) is 0. The van der Waals surface area contributed by atoms with E-state index in [9.17, 15) is 0 Å². The van der Waals surface area contributed by atoms with E-state index in [4.69, 9.17) is 20.3 Å². The largest absolute Gasteiger partial charge is 0.707 e. The molecule has 0 aromatic heterocycles. The van der Waals surface area contributed by atoms with Crippen LogP contribution in [0.5, 0.6) is 0 Å². The van der Waals surface area contributed by atoms with Crippen LogP contribution in [0.4, 0.5) is 0 Å². The lowest BCUT2D eigenvalue weighted by atomic mass is 10.0. The van der Waals surface area contributed by atoms with Gasteiger partial charge >= 0.3 is 7.32 Å². The van der Waals surface area contributed by atoms with Crippen molar-refractivity contribution in [3.05, 3.63) is 12.8 Å². The van der Waals surface area contributed by atoms with Crippen LogP contribution in [-0.2, 0) is 4.65 Å². The Morgan fingerprint density at radius 2 is 1.93 bits per heavy atom. The van der Waals surface area contributed by atoms with E-state index in [1.807, 2.05) is 0 Å². The van der Waals surface area contributed by atoms with Crippen LogP contribution < -0.4 is 0 Å². The van der Waals surface area contributed by atoms with Crippen molar-refractivity contribution in [2.45, 2.75) is 38.9 Å². The van der Waals surface area contributed by atoms with Gasteiger partial charge in [-0.1, -0.05) is 6.58 Å². The van der Waals surface area contributed by atoms with Crippen LogP contribution in [0, 0.1) is 0 Å². The van der Waals surface area contributed by atoms with Crippen molar-refractivity contribution in [1.82, 2.24) is 0 Å². The van der Waals surface area contributed by atoms with E-state index in [1.165, 1.54) is 0 Å². The van der Waals surface area contributed by atoms with Gasteiger partial charge in [0, 0.05) is 6.42 Å². The van der Waals surface area contributed by atoms with Crippen LogP contribution in [0.15, 0.2) is 12.8 Å². The molecule has 5 nitrogen and oxygen atoms in total. The zero-order chi connectivity index (χ0) is 11.8. The lowest BCUT2D eigenvalue weighted by Gasteiger charge is -2.17. The molecule has 0 saturated carbocycles. The molecule has 0 rings (SSSR count). The highest BCUT2D eigenvalue weighted by atomic mass is 16.6. The maximum atomic E-state index is 9.03. The van der Waals surface area contributed by atoms with Crippen molar-refractivity contribution in [1.29, 1.82) is 0 Å². The summed E-state index contributed by atoms with van der Waals surface area (Å²) < 4.78 is 3.92. The Bertz CT molecular complexity index is 141. The van der Waals surface area contributed by atoms with Gasteiger partial charge in [-0.15, -0.1) is 0 Å². The molecule has 0 aliphatic carbocycles. The molecule has 0 aliphatic rings. The highest BCUT2D eigenvalue weighted by Crippen LogP contribution is 2.09. The minimum absolute atomic E-state index is 0.407. The topological polar surface area (TPSA) is 90.2 Å². The van der Waals surface area contributed by atoms with E-state index in [-0.39, 0.29) is 0 Å². The highest BCUT2D eigenvalue weighted by molar-refractivity contribution is 6.32. The SMILES string of the molecule is C=COB(O)O.CC(O)CC(C)(C)O. The van der Waals surface area contributed by atoms with Crippen molar-refractivity contribution in [2.24, 2.45) is 0 Å². The average molecular weight is 206 g/mol. The molecule has 0 aliphatic heterocycles. The molecule has 0 fully saturated rings. The first-order chi connectivity index (χ1) is 6.19. The molecule has 1 atom stereocenters. The van der Waals surface area contributed by atoms with Gasteiger partial charge in [-0.05, 0) is 20.8 Å². The molecule has 4 N–H and O–H groups in total. The van der Waals surface area contributed by atoms with Gasteiger partial charge in [-0.2, -0.15) is 0 Å². The van der Waals surface area contributed by atoms with E-state index in [1.54, 1.807) is 20.8 Å². The molecule has 0 heterocycles. The van der Waals surface area contributed by atoms with Crippen LogP contribution in [0.1, 0.15) is 27.2 Å². The average Bonchev–Trinajstić information content (AvgIpc) is 1.80. The molecule has 14 heavy (non-hydrogen) atoms. The Kier molecular flexibility index (Phi) is 8.87. The number of aliphatic hydroxyl groups excluding tert-OH is 1. The minimum atomic E-state index is -1.72. The van der Waals surface area contributed by atoms with Crippen molar-refractivity contribution in [2.75, 3.05) is 0 Å². The normalized spacial score (nSPS) is 12.2. The summed E-state index contributed by atoms with van der Waals surface area (Å²) in [6.07, 6.45) is 0.979. The van der Waals surface area contributed by atoms with Crippen LogP contribution >= 0.6 is 0 Å². The molecule has 84 valence electrons. The second-order valence-electron chi connectivity index (χ2n) is 3.49. The Balaban J connectivity index is 0. The monoisotopic (exact) mass is 206 g/mol. The van der Waals surface area contributed by atoms with Crippen LogP contribution in [0.3, 0.4) is 0 Å². The van der Waals surface area contributed by atoms with Crippen molar-refractivity contribution in [3.63, 3.8) is 0 Å². The number of aliphatic hydroxyl groups is 2. The van der Waals surface area contributed by atoms with Crippen molar-refractivity contribution < 1.29 is 24.9 Å². The van der Waals surface area contributed by atoms with Crippen molar-refractivity contribution >= 4 is 7.32 Å². The molecule has 0 aromatic carbocycles. The Morgan fingerprint density at radius 1 is 1.50 bits per heavy atom. The first-order valence-corrected chi connectivity index (χ1v) is 4.22. The minimum Gasteiger partial charge on any atom is -0.519 e. The fourth-order valence-corrected chi connectivity index (χ4v) is 0.809. The molecule has 0 amide bonds. The van der Waals surface area contributed by atoms with Crippen LogP contribution in [0.25, 0.3) is 0 Å². The van der Waals surface area contributed by atoms with E-state index < -0.39 is 19.0 Å². The van der Waals surface area contributed by atoms with Gasteiger partial charge in [0.15, 0.2) is 0 Å². The summed E-state index contributed by atoms with van der Waals surface area (Å²) in [6.45, 7) is 8.08. The third-order valence-electron chi connectivity index (χ3n) is 1.01.